The van der Waals surface area contributed by atoms with Crippen molar-refractivity contribution in [1.29, 1.82) is 0 Å². The minimum atomic E-state index is 0.744. The Labute approximate surface area is 117 Å². The van der Waals surface area contributed by atoms with E-state index >= 15 is 0 Å². The van der Waals surface area contributed by atoms with Gasteiger partial charge < -0.3 is 4.79 Å². The molecule has 1 heterocycles. The lowest BCUT2D eigenvalue weighted by molar-refractivity contribution is -0.107. The quantitative estimate of drug-likeness (QED) is 0.402. The molecule has 0 N–H and O–H groups in total. The number of aldehydes is 1. The fourth-order valence-corrected chi connectivity index (χ4v) is 2.34. The number of pyridine rings is 1. The predicted molar refractivity (Wildman–Crippen MR) is 80.2 cm³/mol. The first kappa shape index (κ1) is 15.9. The zero-order valence-electron chi connectivity index (χ0n) is 12.0. The fourth-order valence-electron chi connectivity index (χ4n) is 2.34. The van der Waals surface area contributed by atoms with Gasteiger partial charge in [-0.15, -0.1) is 0 Å². The minimum Gasteiger partial charge on any atom is -0.303 e. The molecule has 1 aromatic heterocycles. The van der Waals surface area contributed by atoms with Gasteiger partial charge in [0.15, 0.2) is 0 Å². The molecule has 1 aromatic rings. The van der Waals surface area contributed by atoms with Gasteiger partial charge in [0.05, 0.1) is 0 Å². The van der Waals surface area contributed by atoms with Gasteiger partial charge in [0.1, 0.15) is 6.29 Å². The summed E-state index contributed by atoms with van der Waals surface area (Å²) in [6.45, 7) is 0. The highest BCUT2D eigenvalue weighted by molar-refractivity contribution is 5.48. The van der Waals surface area contributed by atoms with Crippen LogP contribution in [0.2, 0.25) is 0 Å². The second-order valence-electron chi connectivity index (χ2n) is 5.25. The number of unbranched alkanes of at least 4 members (excludes halogenated alkanes) is 9. The van der Waals surface area contributed by atoms with Crippen LogP contribution in [0, 0.1) is 0 Å². The maximum atomic E-state index is 10.1. The van der Waals surface area contributed by atoms with Crippen LogP contribution in [0.4, 0.5) is 0 Å². The molecule has 106 valence electrons. The molecule has 0 saturated carbocycles. The third-order valence-corrected chi connectivity index (χ3v) is 3.51. The Morgan fingerprint density at radius 2 is 1.53 bits per heavy atom. The summed E-state index contributed by atoms with van der Waals surface area (Å²) in [6, 6.07) is 4.17. The average molecular weight is 261 g/mol. The van der Waals surface area contributed by atoms with Crippen molar-refractivity contribution in [2.24, 2.45) is 0 Å². The van der Waals surface area contributed by atoms with Crippen LogP contribution >= 0.6 is 0 Å². The Balaban J connectivity index is 1.80. The third kappa shape index (κ3) is 9.40. The normalized spacial score (nSPS) is 10.5. The Morgan fingerprint density at radius 3 is 2.11 bits per heavy atom. The molecular weight excluding hydrogens is 234 g/mol. The molecule has 0 radical (unpaired) electrons. The zero-order chi connectivity index (χ0) is 13.6. The van der Waals surface area contributed by atoms with Crippen LogP contribution in [0.5, 0.6) is 0 Å². The fraction of sp³-hybridized carbons (Fsp3) is 0.647. The highest BCUT2D eigenvalue weighted by Crippen LogP contribution is 2.11. The largest absolute Gasteiger partial charge is 0.303 e. The van der Waals surface area contributed by atoms with E-state index in [0.29, 0.717) is 0 Å². The lowest BCUT2D eigenvalue weighted by atomic mass is 10.0. The SMILES string of the molecule is O=CCCCCCCCCCCCc1cccnc1. The molecule has 0 spiro atoms. The van der Waals surface area contributed by atoms with Crippen molar-refractivity contribution in [3.05, 3.63) is 30.1 Å². The Bertz CT molecular complexity index is 310. The molecule has 1 rings (SSSR count). The van der Waals surface area contributed by atoms with Crippen molar-refractivity contribution in [3.63, 3.8) is 0 Å². The van der Waals surface area contributed by atoms with Crippen LogP contribution in [0.15, 0.2) is 24.5 Å². The van der Waals surface area contributed by atoms with Gasteiger partial charge >= 0.3 is 0 Å². The predicted octanol–water partition coefficient (Wildman–Crippen LogP) is 4.72. The molecule has 2 heteroatoms. The highest BCUT2D eigenvalue weighted by atomic mass is 16.1. The van der Waals surface area contributed by atoms with Crippen molar-refractivity contribution >= 4 is 6.29 Å². The molecule has 0 unspecified atom stereocenters. The van der Waals surface area contributed by atoms with E-state index in [4.69, 9.17) is 0 Å². The maximum Gasteiger partial charge on any atom is 0.119 e. The molecular formula is C17H27NO. The molecule has 0 aliphatic heterocycles. The van der Waals surface area contributed by atoms with Gasteiger partial charge in [-0.1, -0.05) is 51.0 Å². The molecule has 0 aromatic carbocycles. The molecule has 0 aliphatic carbocycles. The molecule has 0 saturated heterocycles. The van der Waals surface area contributed by atoms with Crippen LogP contribution in [0.3, 0.4) is 0 Å². The van der Waals surface area contributed by atoms with E-state index in [1.807, 2.05) is 18.5 Å². The summed E-state index contributed by atoms with van der Waals surface area (Å²) in [4.78, 5) is 14.3. The summed E-state index contributed by atoms with van der Waals surface area (Å²) in [7, 11) is 0. The number of carbonyl (C=O) groups is 1. The summed E-state index contributed by atoms with van der Waals surface area (Å²) in [6.07, 6.45) is 18.4. The first-order valence-corrected chi connectivity index (χ1v) is 7.76. The van der Waals surface area contributed by atoms with E-state index in [9.17, 15) is 4.79 Å². The number of carbonyl (C=O) groups excluding carboxylic acids is 1. The molecule has 0 fully saturated rings. The van der Waals surface area contributed by atoms with E-state index < -0.39 is 0 Å². The van der Waals surface area contributed by atoms with E-state index in [0.717, 1.165) is 19.1 Å². The van der Waals surface area contributed by atoms with Crippen molar-refractivity contribution in [3.8, 4) is 0 Å². The van der Waals surface area contributed by atoms with Gasteiger partial charge in [0, 0.05) is 18.8 Å². The number of rotatable bonds is 12. The van der Waals surface area contributed by atoms with Gasteiger partial charge in [0.2, 0.25) is 0 Å². The lowest BCUT2D eigenvalue weighted by Crippen LogP contribution is -1.87. The van der Waals surface area contributed by atoms with Gasteiger partial charge in [-0.05, 0) is 30.9 Å². The smallest absolute Gasteiger partial charge is 0.119 e. The molecule has 0 bridgehead atoms. The zero-order valence-corrected chi connectivity index (χ0v) is 12.0. The number of hydrogen-bond donors (Lipinski definition) is 0. The van der Waals surface area contributed by atoms with E-state index in [1.165, 1.54) is 63.4 Å². The molecule has 0 atom stereocenters. The van der Waals surface area contributed by atoms with Crippen LogP contribution < -0.4 is 0 Å². The second kappa shape index (κ2) is 11.9. The summed E-state index contributed by atoms with van der Waals surface area (Å²) >= 11 is 0. The molecule has 2 nitrogen and oxygen atoms in total. The number of aromatic nitrogens is 1. The minimum absolute atomic E-state index is 0.744. The first-order chi connectivity index (χ1) is 9.43. The average Bonchev–Trinajstić information content (AvgIpc) is 2.46. The number of hydrogen-bond acceptors (Lipinski definition) is 2. The Morgan fingerprint density at radius 1 is 0.895 bits per heavy atom. The molecule has 0 aliphatic rings. The van der Waals surface area contributed by atoms with E-state index in [2.05, 4.69) is 11.1 Å². The summed E-state index contributed by atoms with van der Waals surface area (Å²) in [5, 5.41) is 0. The summed E-state index contributed by atoms with van der Waals surface area (Å²) in [5.74, 6) is 0. The monoisotopic (exact) mass is 261 g/mol. The third-order valence-electron chi connectivity index (χ3n) is 3.51. The highest BCUT2D eigenvalue weighted by Gasteiger charge is 1.94. The van der Waals surface area contributed by atoms with Crippen LogP contribution in [0.1, 0.15) is 69.8 Å². The second-order valence-corrected chi connectivity index (χ2v) is 5.25. The van der Waals surface area contributed by atoms with Gasteiger partial charge in [-0.3, -0.25) is 4.98 Å². The van der Waals surface area contributed by atoms with Crippen molar-refractivity contribution in [2.75, 3.05) is 0 Å². The topological polar surface area (TPSA) is 30.0 Å². The standard InChI is InChI=1S/C17H27NO/c19-15-10-8-6-4-2-1-3-5-7-9-12-17-13-11-14-18-16-17/h11,13-16H,1-10,12H2. The Kier molecular flexibility index (Phi) is 9.93. The van der Waals surface area contributed by atoms with Gasteiger partial charge in [-0.25, -0.2) is 0 Å². The van der Waals surface area contributed by atoms with Crippen LogP contribution in [-0.4, -0.2) is 11.3 Å². The summed E-state index contributed by atoms with van der Waals surface area (Å²) in [5.41, 5.74) is 1.36. The first-order valence-electron chi connectivity index (χ1n) is 7.76. The molecule has 19 heavy (non-hydrogen) atoms. The maximum absolute atomic E-state index is 10.1. The number of aryl methyl sites for hydroxylation is 1. The molecule has 0 amide bonds. The van der Waals surface area contributed by atoms with Gasteiger partial charge in [0.25, 0.3) is 0 Å². The van der Waals surface area contributed by atoms with E-state index in [-0.39, 0.29) is 0 Å². The summed E-state index contributed by atoms with van der Waals surface area (Å²) < 4.78 is 0. The van der Waals surface area contributed by atoms with Crippen molar-refractivity contribution in [2.45, 2.75) is 70.6 Å². The van der Waals surface area contributed by atoms with Crippen LogP contribution in [-0.2, 0) is 11.2 Å². The van der Waals surface area contributed by atoms with Crippen molar-refractivity contribution < 1.29 is 4.79 Å². The van der Waals surface area contributed by atoms with E-state index in [1.54, 1.807) is 0 Å². The van der Waals surface area contributed by atoms with Crippen molar-refractivity contribution in [1.82, 2.24) is 4.98 Å². The lowest BCUT2D eigenvalue weighted by Gasteiger charge is -2.02. The number of nitrogens with zero attached hydrogens (tertiary/aromatic N) is 1. The Hall–Kier alpha value is -1.18. The van der Waals surface area contributed by atoms with Crippen LogP contribution in [0.25, 0.3) is 0 Å². The van der Waals surface area contributed by atoms with Gasteiger partial charge in [-0.2, -0.15) is 0 Å².